The van der Waals surface area contributed by atoms with E-state index >= 15 is 0 Å². The van der Waals surface area contributed by atoms with E-state index in [4.69, 9.17) is 9.15 Å². The Balaban J connectivity index is 1.11. The maximum Gasteiger partial charge on any atom is 0.136 e. The largest absolute Gasteiger partial charge is 0.484 e. The molecule has 10 aromatic carbocycles. The minimum atomic E-state index is -0.137. The van der Waals surface area contributed by atoms with Crippen LogP contribution in [0, 0.1) is 0 Å². The van der Waals surface area contributed by atoms with Crippen LogP contribution in [0.15, 0.2) is 235 Å². The lowest BCUT2D eigenvalue weighted by Gasteiger charge is -2.25. The van der Waals surface area contributed by atoms with Gasteiger partial charge < -0.3 is 18.6 Å². The van der Waals surface area contributed by atoms with Gasteiger partial charge in [-0.3, -0.25) is 0 Å². The van der Waals surface area contributed by atoms with Crippen LogP contribution in [0.3, 0.4) is 0 Å². The number of aromatic nitrogens is 1. The van der Waals surface area contributed by atoms with Crippen molar-refractivity contribution in [1.82, 2.24) is 4.57 Å². The first-order chi connectivity index (χ1) is 32.7. The summed E-state index contributed by atoms with van der Waals surface area (Å²) >= 11 is 0. The van der Waals surface area contributed by atoms with Gasteiger partial charge in [-0.1, -0.05) is 152 Å². The lowest BCUT2D eigenvalue weighted by atomic mass is 9.88. The maximum atomic E-state index is 7.24. The molecule has 0 amide bonds. The summed E-state index contributed by atoms with van der Waals surface area (Å²) in [6.07, 6.45) is 8.68. The minimum absolute atomic E-state index is 0.0228. The molecular formula is C62H40N2O2. The summed E-state index contributed by atoms with van der Waals surface area (Å²) in [5, 5.41) is 13.7. The van der Waals surface area contributed by atoms with Crippen molar-refractivity contribution in [3.63, 3.8) is 0 Å². The monoisotopic (exact) mass is 844 g/mol. The van der Waals surface area contributed by atoms with Crippen molar-refractivity contribution in [3.05, 3.63) is 236 Å². The van der Waals surface area contributed by atoms with E-state index in [-0.39, 0.29) is 12.0 Å². The second kappa shape index (κ2) is 14.5. The van der Waals surface area contributed by atoms with Gasteiger partial charge in [0.25, 0.3) is 0 Å². The van der Waals surface area contributed by atoms with E-state index in [0.29, 0.717) is 0 Å². The second-order valence-electron chi connectivity index (χ2n) is 17.5. The number of para-hydroxylation sites is 4. The molecule has 2 aliphatic rings. The summed E-state index contributed by atoms with van der Waals surface area (Å²) in [5.74, 6) is 0.941. The van der Waals surface area contributed by atoms with Crippen molar-refractivity contribution in [1.29, 1.82) is 0 Å². The van der Waals surface area contributed by atoms with Crippen LogP contribution in [0.2, 0.25) is 0 Å². The molecule has 1 aliphatic carbocycles. The maximum absolute atomic E-state index is 7.24. The highest BCUT2D eigenvalue weighted by Crippen LogP contribution is 2.51. The molecule has 12 aromatic rings. The molecule has 310 valence electrons. The molecule has 2 atom stereocenters. The van der Waals surface area contributed by atoms with E-state index in [2.05, 4.69) is 234 Å². The summed E-state index contributed by atoms with van der Waals surface area (Å²) in [5.41, 5.74) is 9.67. The Kier molecular flexibility index (Phi) is 8.07. The van der Waals surface area contributed by atoms with Crippen LogP contribution in [0.4, 0.5) is 17.1 Å². The van der Waals surface area contributed by atoms with Gasteiger partial charge in [0.1, 0.15) is 23.0 Å². The Bertz CT molecular complexity index is 4060. The van der Waals surface area contributed by atoms with Gasteiger partial charge in [0.2, 0.25) is 0 Å². The fraction of sp³-hybridized carbons (Fsp3) is 0.0323. The number of hydrogen-bond acceptors (Lipinski definition) is 3. The summed E-state index contributed by atoms with van der Waals surface area (Å²) in [7, 11) is 0. The van der Waals surface area contributed by atoms with E-state index < -0.39 is 0 Å². The summed E-state index contributed by atoms with van der Waals surface area (Å²) in [6, 6.07) is 74.7. The van der Waals surface area contributed by atoms with Crippen molar-refractivity contribution >= 4 is 104 Å². The van der Waals surface area contributed by atoms with E-state index in [9.17, 15) is 0 Å². The Morgan fingerprint density at radius 3 is 1.73 bits per heavy atom. The molecule has 3 heterocycles. The topological polar surface area (TPSA) is 30.5 Å². The van der Waals surface area contributed by atoms with Crippen LogP contribution in [-0.2, 0) is 0 Å². The fourth-order valence-electron chi connectivity index (χ4n) is 11.0. The first-order valence-corrected chi connectivity index (χ1v) is 22.7. The van der Waals surface area contributed by atoms with E-state index in [1.54, 1.807) is 0 Å². The third-order valence-corrected chi connectivity index (χ3v) is 13.9. The van der Waals surface area contributed by atoms with Crippen LogP contribution >= 0.6 is 0 Å². The van der Waals surface area contributed by atoms with Crippen molar-refractivity contribution in [2.75, 3.05) is 4.90 Å². The molecule has 0 radical (unpaired) electrons. The van der Waals surface area contributed by atoms with Crippen molar-refractivity contribution in [3.8, 4) is 11.4 Å². The molecule has 0 saturated carbocycles. The zero-order valence-electron chi connectivity index (χ0n) is 35.8. The summed E-state index contributed by atoms with van der Waals surface area (Å²) in [6.45, 7) is 0. The normalized spacial score (nSPS) is 15.3. The molecule has 0 bridgehead atoms. The molecule has 0 saturated heterocycles. The molecule has 14 rings (SSSR count). The smallest absolute Gasteiger partial charge is 0.136 e. The molecular weight excluding hydrogens is 805 g/mol. The number of nitrogens with zero attached hydrogens (tertiary/aromatic N) is 2. The SMILES string of the molecule is C1=CC2Oc3c(c(-n4c5ccccc5c5cc(N(c6ccccc6)c6ccccc6)ccc54)cc4c3ccc3cc5oc6ccccc6c5cc3c3ccccc3c3ccccc43)C2C=C1. The van der Waals surface area contributed by atoms with Crippen molar-refractivity contribution in [2.45, 2.75) is 12.0 Å². The number of allylic oxidation sites excluding steroid dienone is 2. The average Bonchev–Trinajstić information content (AvgIpc) is 4.05. The van der Waals surface area contributed by atoms with Crippen LogP contribution in [-0.4, -0.2) is 10.7 Å². The predicted octanol–water partition coefficient (Wildman–Crippen LogP) is 16.9. The van der Waals surface area contributed by atoms with Crippen LogP contribution in [0.5, 0.6) is 5.75 Å². The Hall–Kier alpha value is -8.60. The van der Waals surface area contributed by atoms with Crippen molar-refractivity contribution in [2.24, 2.45) is 0 Å². The molecule has 2 aromatic heterocycles. The summed E-state index contributed by atoms with van der Waals surface area (Å²) in [4.78, 5) is 2.34. The molecule has 2 unspecified atom stereocenters. The highest BCUT2D eigenvalue weighted by Gasteiger charge is 2.37. The van der Waals surface area contributed by atoms with E-state index in [1.165, 1.54) is 32.5 Å². The lowest BCUT2D eigenvalue weighted by molar-refractivity contribution is 0.271. The molecule has 4 nitrogen and oxygen atoms in total. The number of hydrogen-bond donors (Lipinski definition) is 0. The highest BCUT2D eigenvalue weighted by atomic mass is 16.5. The summed E-state index contributed by atoms with van der Waals surface area (Å²) < 4.78 is 16.2. The Morgan fingerprint density at radius 2 is 0.985 bits per heavy atom. The first-order valence-electron chi connectivity index (χ1n) is 22.7. The predicted molar refractivity (Wildman–Crippen MR) is 276 cm³/mol. The van der Waals surface area contributed by atoms with Crippen LogP contribution in [0.25, 0.3) is 92.5 Å². The molecule has 4 heteroatoms. The third kappa shape index (κ3) is 5.52. The molecule has 0 fully saturated rings. The molecule has 66 heavy (non-hydrogen) atoms. The van der Waals surface area contributed by atoms with Crippen LogP contribution in [0.1, 0.15) is 11.5 Å². The molecule has 1 aliphatic heterocycles. The average molecular weight is 845 g/mol. The van der Waals surface area contributed by atoms with Crippen molar-refractivity contribution < 1.29 is 9.15 Å². The zero-order valence-corrected chi connectivity index (χ0v) is 35.8. The number of benzene rings is 9. The molecule has 0 spiro atoms. The van der Waals surface area contributed by atoms with Gasteiger partial charge in [-0.25, -0.2) is 0 Å². The van der Waals surface area contributed by atoms with E-state index in [0.717, 1.165) is 88.4 Å². The number of fused-ring (bicyclic) bond motifs is 17. The number of ether oxygens (including phenoxy) is 1. The second-order valence-corrected chi connectivity index (χ2v) is 17.5. The third-order valence-electron chi connectivity index (χ3n) is 13.9. The minimum Gasteiger partial charge on any atom is -0.484 e. The van der Waals surface area contributed by atoms with Gasteiger partial charge in [-0.15, -0.1) is 0 Å². The Morgan fingerprint density at radius 1 is 0.379 bits per heavy atom. The number of furan rings is 1. The van der Waals surface area contributed by atoms with Gasteiger partial charge >= 0.3 is 0 Å². The quantitative estimate of drug-likeness (QED) is 0.177. The van der Waals surface area contributed by atoms with Crippen LogP contribution < -0.4 is 9.64 Å². The standard InChI is InChI=1S/C62H40N2O2/c1-3-17-40(18-4-1)63(41-19-5-2-6-20-41)42-32-34-56-53(36-42)47-25-11-14-28-55(47)64(56)57-38-52-46-24-10-8-22-44(46)43-21-7-9-23-45(43)51-37-54-48-26-12-15-29-58(48)65-60(54)35-39(51)31-33-49(52)62-61(57)50-27-13-16-30-59(50)66-62/h1-38,50,59H. The Labute approximate surface area is 380 Å². The van der Waals surface area contributed by atoms with Gasteiger partial charge in [-0.05, 0) is 117 Å². The number of anilines is 3. The van der Waals surface area contributed by atoms with Gasteiger partial charge in [0.05, 0.1) is 16.7 Å². The zero-order chi connectivity index (χ0) is 43.3. The van der Waals surface area contributed by atoms with E-state index in [1.807, 2.05) is 6.07 Å². The van der Waals surface area contributed by atoms with Gasteiger partial charge in [0.15, 0.2) is 0 Å². The van der Waals surface area contributed by atoms with Gasteiger partial charge in [0, 0.05) is 55.5 Å². The molecule has 0 N–H and O–H groups in total. The van der Waals surface area contributed by atoms with Gasteiger partial charge in [-0.2, -0.15) is 0 Å². The lowest BCUT2D eigenvalue weighted by Crippen LogP contribution is -2.16. The number of rotatable bonds is 4. The fourth-order valence-corrected chi connectivity index (χ4v) is 11.0. The first kappa shape index (κ1) is 36.8. The highest BCUT2D eigenvalue weighted by molar-refractivity contribution is 6.22.